The van der Waals surface area contributed by atoms with Crippen LogP contribution >= 0.6 is 23.1 Å². The number of benzene rings is 3. The summed E-state index contributed by atoms with van der Waals surface area (Å²) < 4.78 is 10.7. The molecule has 9 nitrogen and oxygen atoms in total. The first-order valence-electron chi connectivity index (χ1n) is 12.0. The van der Waals surface area contributed by atoms with Crippen LogP contribution < -0.4 is 25.4 Å². The number of carbonyl (C=O) groups excluding carboxylic acids is 3. The van der Waals surface area contributed by atoms with Gasteiger partial charge in [-0.3, -0.25) is 14.4 Å². The second-order valence-corrected chi connectivity index (χ2v) is 10.1. The third-order valence-electron chi connectivity index (χ3n) is 5.43. The molecule has 0 radical (unpaired) electrons. The molecule has 0 aliphatic carbocycles. The summed E-state index contributed by atoms with van der Waals surface area (Å²) in [6, 6.07) is 20.8. The third kappa shape index (κ3) is 7.95. The molecule has 0 spiro atoms. The monoisotopic (exact) mass is 574 g/mol. The van der Waals surface area contributed by atoms with E-state index in [-0.39, 0.29) is 17.4 Å². The molecule has 1 heterocycles. The Morgan fingerprint density at radius 3 is 2.40 bits per heavy atom. The molecular formula is C29H26N4O5S2. The number of thioether (sulfide) groups is 1. The molecule has 3 aromatic carbocycles. The van der Waals surface area contributed by atoms with Gasteiger partial charge in [-0.15, -0.1) is 23.1 Å². The molecule has 3 N–H and O–H groups in total. The predicted octanol–water partition coefficient (Wildman–Crippen LogP) is 5.30. The zero-order chi connectivity index (χ0) is 28.3. The molecule has 0 saturated carbocycles. The summed E-state index contributed by atoms with van der Waals surface area (Å²) in [6.07, 6.45) is 3.17. The van der Waals surface area contributed by atoms with Crippen LogP contribution in [0.5, 0.6) is 11.5 Å². The average molecular weight is 575 g/mol. The van der Waals surface area contributed by atoms with Gasteiger partial charge in [-0.25, -0.2) is 4.98 Å². The Labute approximate surface area is 239 Å². The zero-order valence-electron chi connectivity index (χ0n) is 21.7. The number of nitrogens with zero attached hydrogens (tertiary/aromatic N) is 1. The van der Waals surface area contributed by atoms with Crippen LogP contribution in [0, 0.1) is 0 Å². The maximum Gasteiger partial charge on any atom is 0.272 e. The highest BCUT2D eigenvalue weighted by atomic mass is 32.2. The summed E-state index contributed by atoms with van der Waals surface area (Å²) in [7, 11) is 3.06. The Bertz CT molecular complexity index is 1490. The molecule has 4 rings (SSSR count). The summed E-state index contributed by atoms with van der Waals surface area (Å²) >= 11 is 2.71. The summed E-state index contributed by atoms with van der Waals surface area (Å²) in [5, 5.41) is 10.6. The van der Waals surface area contributed by atoms with Crippen molar-refractivity contribution in [3.8, 4) is 11.5 Å². The molecule has 11 heteroatoms. The van der Waals surface area contributed by atoms with Crippen molar-refractivity contribution in [2.45, 2.75) is 4.90 Å². The maximum absolute atomic E-state index is 13.3. The number of ether oxygens (including phenoxy) is 2. The highest BCUT2D eigenvalue weighted by Crippen LogP contribution is 2.27. The van der Waals surface area contributed by atoms with Crippen LogP contribution in [-0.2, 0) is 9.59 Å². The predicted molar refractivity (Wildman–Crippen MR) is 158 cm³/mol. The van der Waals surface area contributed by atoms with E-state index >= 15 is 0 Å². The second-order valence-electron chi connectivity index (χ2n) is 8.14. The van der Waals surface area contributed by atoms with Crippen molar-refractivity contribution >= 4 is 57.7 Å². The van der Waals surface area contributed by atoms with Crippen molar-refractivity contribution in [3.63, 3.8) is 0 Å². The first-order valence-corrected chi connectivity index (χ1v) is 13.9. The molecule has 0 saturated heterocycles. The first-order chi connectivity index (χ1) is 19.4. The third-order valence-corrected chi connectivity index (χ3v) is 7.13. The lowest BCUT2D eigenvalue weighted by atomic mass is 10.1. The van der Waals surface area contributed by atoms with Crippen molar-refractivity contribution in [3.05, 3.63) is 101 Å². The van der Waals surface area contributed by atoms with Crippen LogP contribution in [0.2, 0.25) is 0 Å². The number of rotatable bonds is 11. The molecule has 4 aromatic rings. The van der Waals surface area contributed by atoms with Gasteiger partial charge in [0.05, 0.1) is 20.0 Å². The van der Waals surface area contributed by atoms with Gasteiger partial charge in [0.1, 0.15) is 17.2 Å². The summed E-state index contributed by atoms with van der Waals surface area (Å²) in [6.45, 7) is 0. The smallest absolute Gasteiger partial charge is 0.272 e. The summed E-state index contributed by atoms with van der Waals surface area (Å²) in [4.78, 5) is 43.2. The van der Waals surface area contributed by atoms with Gasteiger partial charge in [0.15, 0.2) is 5.13 Å². The first kappa shape index (κ1) is 28.4. The van der Waals surface area contributed by atoms with Gasteiger partial charge in [0.2, 0.25) is 5.91 Å². The number of hydrogen-bond acceptors (Lipinski definition) is 8. The molecule has 3 amide bonds. The fourth-order valence-electron chi connectivity index (χ4n) is 3.46. The van der Waals surface area contributed by atoms with E-state index in [0.717, 1.165) is 4.90 Å². The summed E-state index contributed by atoms with van der Waals surface area (Å²) in [5.41, 5.74) is 1.52. The number of amides is 3. The Balaban J connectivity index is 1.48. The zero-order valence-corrected chi connectivity index (χ0v) is 23.3. The van der Waals surface area contributed by atoms with Crippen molar-refractivity contribution in [2.24, 2.45) is 0 Å². The number of methoxy groups -OCH3 is 2. The number of carbonyl (C=O) groups is 3. The van der Waals surface area contributed by atoms with Gasteiger partial charge in [0, 0.05) is 39.4 Å². The molecule has 0 unspecified atom stereocenters. The van der Waals surface area contributed by atoms with Crippen molar-refractivity contribution < 1.29 is 23.9 Å². The van der Waals surface area contributed by atoms with Gasteiger partial charge in [-0.1, -0.05) is 18.2 Å². The average Bonchev–Trinajstić information content (AvgIpc) is 3.50. The minimum Gasteiger partial charge on any atom is -0.497 e. The van der Waals surface area contributed by atoms with Gasteiger partial charge >= 0.3 is 0 Å². The van der Waals surface area contributed by atoms with E-state index in [4.69, 9.17) is 9.47 Å². The van der Waals surface area contributed by atoms with Crippen LogP contribution in [0.3, 0.4) is 0 Å². The van der Waals surface area contributed by atoms with Crippen LogP contribution in [0.1, 0.15) is 15.9 Å². The lowest BCUT2D eigenvalue weighted by Gasteiger charge is -2.13. The second kappa shape index (κ2) is 14.0. The molecular weight excluding hydrogens is 548 g/mol. The largest absolute Gasteiger partial charge is 0.497 e. The van der Waals surface area contributed by atoms with Crippen molar-refractivity contribution in [1.29, 1.82) is 0 Å². The van der Waals surface area contributed by atoms with E-state index in [1.165, 1.54) is 30.2 Å². The Kier molecular flexibility index (Phi) is 9.92. The standard InChI is InChI=1S/C29H26N4O5S2/c1-37-22-11-8-20(25(17-22)38-2)16-24(32-27(35)19-6-4-3-5-7-19)28(36)31-21-9-12-23(13-10-21)40-18-26(34)33-29-30-14-15-39-29/h3-17H,18H2,1-2H3,(H,31,36)(H,32,35)(H,30,33,34)/b24-16-. The Morgan fingerprint density at radius 2 is 1.73 bits per heavy atom. The molecule has 1 aromatic heterocycles. The van der Waals surface area contributed by atoms with E-state index in [1.54, 1.807) is 97.6 Å². The quantitative estimate of drug-likeness (QED) is 0.164. The van der Waals surface area contributed by atoms with E-state index in [9.17, 15) is 14.4 Å². The minimum atomic E-state index is -0.523. The number of thiazole rings is 1. The van der Waals surface area contributed by atoms with Crippen molar-refractivity contribution in [2.75, 3.05) is 30.6 Å². The SMILES string of the molecule is COc1ccc(/C=C(\NC(=O)c2ccccc2)C(=O)Nc2ccc(SCC(=O)Nc3nccs3)cc2)c(OC)c1. The van der Waals surface area contributed by atoms with E-state index in [2.05, 4.69) is 20.9 Å². The molecule has 0 aliphatic heterocycles. The topological polar surface area (TPSA) is 119 Å². The molecule has 0 aliphatic rings. The van der Waals surface area contributed by atoms with Gasteiger partial charge in [-0.05, 0) is 54.6 Å². The van der Waals surface area contributed by atoms with Crippen LogP contribution in [0.4, 0.5) is 10.8 Å². The molecule has 0 atom stereocenters. The van der Waals surface area contributed by atoms with Gasteiger partial charge < -0.3 is 25.4 Å². The van der Waals surface area contributed by atoms with Crippen molar-refractivity contribution in [1.82, 2.24) is 10.3 Å². The Hall–Kier alpha value is -4.61. The van der Waals surface area contributed by atoms with Crippen LogP contribution in [0.15, 0.2) is 95.0 Å². The summed E-state index contributed by atoms with van der Waals surface area (Å²) in [5.74, 6) is 0.164. The van der Waals surface area contributed by atoms with Gasteiger partial charge in [-0.2, -0.15) is 0 Å². The highest BCUT2D eigenvalue weighted by Gasteiger charge is 2.17. The number of hydrogen-bond donors (Lipinski definition) is 3. The van der Waals surface area contributed by atoms with E-state index < -0.39 is 11.8 Å². The van der Waals surface area contributed by atoms with Crippen LogP contribution in [-0.4, -0.2) is 42.7 Å². The number of nitrogens with one attached hydrogen (secondary N) is 3. The molecule has 40 heavy (non-hydrogen) atoms. The minimum absolute atomic E-state index is 0.0228. The van der Waals surface area contributed by atoms with E-state index in [1.807, 2.05) is 0 Å². The normalized spacial score (nSPS) is 10.9. The van der Waals surface area contributed by atoms with Crippen LogP contribution in [0.25, 0.3) is 6.08 Å². The highest BCUT2D eigenvalue weighted by molar-refractivity contribution is 8.00. The molecule has 0 fully saturated rings. The lowest BCUT2D eigenvalue weighted by molar-refractivity contribution is -0.114. The maximum atomic E-state index is 13.3. The Morgan fingerprint density at radius 1 is 0.950 bits per heavy atom. The van der Waals surface area contributed by atoms with Gasteiger partial charge in [0.25, 0.3) is 11.8 Å². The number of aromatic nitrogens is 1. The lowest BCUT2D eigenvalue weighted by Crippen LogP contribution is -2.30. The van der Waals surface area contributed by atoms with E-state index in [0.29, 0.717) is 33.4 Å². The molecule has 204 valence electrons. The fraction of sp³-hybridized carbons (Fsp3) is 0.103. The molecule has 0 bridgehead atoms. The number of anilines is 2. The fourth-order valence-corrected chi connectivity index (χ4v) is 4.70.